The number of halogens is 1. The van der Waals surface area contributed by atoms with Crippen LogP contribution in [0.1, 0.15) is 25.8 Å². The zero-order valence-corrected chi connectivity index (χ0v) is 12.0. The second kappa shape index (κ2) is 5.12. The number of hydrogen-bond acceptors (Lipinski definition) is 3. The lowest BCUT2D eigenvalue weighted by Crippen LogP contribution is -2.23. The van der Waals surface area contributed by atoms with Gasteiger partial charge >= 0.3 is 0 Å². The standard InChI is InChI=1S/C12H14ClN3OS/c1-7-4-5-9(18-7)6-14-12(17)10-8(2)15-16(3)11(10)13/h4-5H,6H2,1-3H3,(H,14,17). The van der Waals surface area contributed by atoms with Gasteiger partial charge in [-0.3, -0.25) is 9.48 Å². The fraction of sp³-hybridized carbons (Fsp3) is 0.333. The zero-order valence-electron chi connectivity index (χ0n) is 10.5. The van der Waals surface area contributed by atoms with Gasteiger partial charge in [-0.1, -0.05) is 11.6 Å². The fourth-order valence-corrected chi connectivity index (χ4v) is 2.81. The van der Waals surface area contributed by atoms with E-state index in [-0.39, 0.29) is 5.91 Å². The van der Waals surface area contributed by atoms with Crippen LogP contribution in [0.4, 0.5) is 0 Å². The van der Waals surface area contributed by atoms with E-state index in [1.165, 1.54) is 9.56 Å². The normalized spacial score (nSPS) is 10.7. The minimum Gasteiger partial charge on any atom is -0.347 e. The molecule has 18 heavy (non-hydrogen) atoms. The van der Waals surface area contributed by atoms with Crippen LogP contribution in [0.3, 0.4) is 0 Å². The van der Waals surface area contributed by atoms with Gasteiger partial charge in [0, 0.05) is 16.8 Å². The summed E-state index contributed by atoms with van der Waals surface area (Å²) in [5.41, 5.74) is 1.09. The molecule has 0 saturated carbocycles. The Hall–Kier alpha value is -1.33. The quantitative estimate of drug-likeness (QED) is 0.941. The summed E-state index contributed by atoms with van der Waals surface area (Å²) < 4.78 is 1.50. The van der Waals surface area contributed by atoms with Crippen molar-refractivity contribution in [2.45, 2.75) is 20.4 Å². The Balaban J connectivity index is 2.08. The largest absolute Gasteiger partial charge is 0.347 e. The summed E-state index contributed by atoms with van der Waals surface area (Å²) in [6.45, 7) is 4.33. The van der Waals surface area contributed by atoms with Crippen molar-refractivity contribution in [1.82, 2.24) is 15.1 Å². The van der Waals surface area contributed by atoms with Crippen molar-refractivity contribution >= 4 is 28.8 Å². The van der Waals surface area contributed by atoms with E-state index < -0.39 is 0 Å². The summed E-state index contributed by atoms with van der Waals surface area (Å²) in [7, 11) is 1.72. The molecule has 2 rings (SSSR count). The van der Waals surface area contributed by atoms with Crippen molar-refractivity contribution in [3.8, 4) is 0 Å². The van der Waals surface area contributed by atoms with Crippen LogP contribution in [0.5, 0.6) is 0 Å². The van der Waals surface area contributed by atoms with Gasteiger partial charge in [-0.05, 0) is 26.0 Å². The topological polar surface area (TPSA) is 46.9 Å². The Bertz CT molecular complexity index is 588. The van der Waals surface area contributed by atoms with Crippen LogP contribution in [0.25, 0.3) is 0 Å². The molecule has 0 aliphatic rings. The third-order valence-electron chi connectivity index (χ3n) is 2.60. The molecule has 0 unspecified atom stereocenters. The molecule has 0 aromatic carbocycles. The van der Waals surface area contributed by atoms with Crippen molar-refractivity contribution in [3.63, 3.8) is 0 Å². The molecule has 2 aromatic heterocycles. The SMILES string of the molecule is Cc1ccc(CNC(=O)c2c(C)nn(C)c2Cl)s1. The smallest absolute Gasteiger partial charge is 0.256 e. The molecule has 96 valence electrons. The Morgan fingerprint density at radius 1 is 1.50 bits per heavy atom. The van der Waals surface area contributed by atoms with Crippen molar-refractivity contribution in [1.29, 1.82) is 0 Å². The number of thiophene rings is 1. The molecule has 0 spiro atoms. The molecular weight excluding hydrogens is 270 g/mol. The summed E-state index contributed by atoms with van der Waals surface area (Å²) in [6.07, 6.45) is 0. The summed E-state index contributed by atoms with van der Waals surface area (Å²) >= 11 is 7.71. The number of hydrogen-bond donors (Lipinski definition) is 1. The maximum Gasteiger partial charge on any atom is 0.256 e. The molecule has 1 amide bonds. The lowest BCUT2D eigenvalue weighted by Gasteiger charge is -2.03. The Morgan fingerprint density at radius 2 is 2.22 bits per heavy atom. The minimum absolute atomic E-state index is 0.184. The third kappa shape index (κ3) is 2.57. The molecular formula is C12H14ClN3OS. The first-order chi connectivity index (χ1) is 8.49. The number of aryl methyl sites for hydroxylation is 3. The first kappa shape index (κ1) is 13.1. The molecule has 0 aliphatic carbocycles. The highest BCUT2D eigenvalue weighted by Gasteiger charge is 2.18. The predicted molar refractivity (Wildman–Crippen MR) is 73.2 cm³/mol. The third-order valence-corrected chi connectivity index (χ3v) is 4.03. The van der Waals surface area contributed by atoms with Crippen LogP contribution in [-0.2, 0) is 13.6 Å². The number of amides is 1. The lowest BCUT2D eigenvalue weighted by atomic mass is 10.2. The number of aromatic nitrogens is 2. The lowest BCUT2D eigenvalue weighted by molar-refractivity contribution is 0.0951. The number of carbonyl (C=O) groups is 1. The van der Waals surface area contributed by atoms with Crippen molar-refractivity contribution in [2.75, 3.05) is 0 Å². The number of rotatable bonds is 3. The van der Waals surface area contributed by atoms with E-state index in [0.717, 1.165) is 4.88 Å². The number of nitrogens with zero attached hydrogens (tertiary/aromatic N) is 2. The van der Waals surface area contributed by atoms with Gasteiger partial charge in [-0.15, -0.1) is 11.3 Å². The molecule has 6 heteroatoms. The number of nitrogens with one attached hydrogen (secondary N) is 1. The average Bonchev–Trinajstić information content (AvgIpc) is 2.82. The van der Waals surface area contributed by atoms with Gasteiger partial charge in [0.15, 0.2) is 0 Å². The van der Waals surface area contributed by atoms with Crippen LogP contribution in [-0.4, -0.2) is 15.7 Å². The van der Waals surface area contributed by atoms with Gasteiger partial charge in [0.25, 0.3) is 5.91 Å². The van der Waals surface area contributed by atoms with Gasteiger partial charge in [-0.2, -0.15) is 5.10 Å². The second-order valence-corrected chi connectivity index (χ2v) is 5.80. The first-order valence-corrected chi connectivity index (χ1v) is 6.71. The van der Waals surface area contributed by atoms with Crippen molar-refractivity contribution < 1.29 is 4.79 Å². The van der Waals surface area contributed by atoms with Gasteiger partial charge in [-0.25, -0.2) is 0 Å². The summed E-state index contributed by atoms with van der Waals surface area (Å²) in [4.78, 5) is 14.4. The van der Waals surface area contributed by atoms with E-state index in [0.29, 0.717) is 23.0 Å². The molecule has 2 heterocycles. The van der Waals surface area contributed by atoms with Crippen LogP contribution < -0.4 is 5.32 Å². The molecule has 0 saturated heterocycles. The van der Waals surface area contributed by atoms with E-state index in [4.69, 9.17) is 11.6 Å². The van der Waals surface area contributed by atoms with E-state index >= 15 is 0 Å². The second-order valence-electron chi connectivity index (χ2n) is 4.07. The highest BCUT2D eigenvalue weighted by molar-refractivity contribution is 7.11. The fourth-order valence-electron chi connectivity index (χ4n) is 1.72. The Kier molecular flexibility index (Phi) is 3.73. The van der Waals surface area contributed by atoms with Crippen molar-refractivity contribution in [2.24, 2.45) is 7.05 Å². The van der Waals surface area contributed by atoms with E-state index in [9.17, 15) is 4.79 Å². The molecule has 0 radical (unpaired) electrons. The molecule has 0 fully saturated rings. The molecule has 0 atom stereocenters. The van der Waals surface area contributed by atoms with Crippen LogP contribution in [0.15, 0.2) is 12.1 Å². The molecule has 4 nitrogen and oxygen atoms in total. The summed E-state index contributed by atoms with van der Waals surface area (Å²) in [6, 6.07) is 4.05. The maximum atomic E-state index is 12.0. The first-order valence-electron chi connectivity index (χ1n) is 5.51. The summed E-state index contributed by atoms with van der Waals surface area (Å²) in [5, 5.41) is 7.34. The van der Waals surface area contributed by atoms with E-state index in [1.54, 1.807) is 25.3 Å². The molecule has 2 aromatic rings. The van der Waals surface area contributed by atoms with Crippen molar-refractivity contribution in [3.05, 3.63) is 38.3 Å². The van der Waals surface area contributed by atoms with E-state index in [2.05, 4.69) is 10.4 Å². The maximum absolute atomic E-state index is 12.0. The van der Waals surface area contributed by atoms with Gasteiger partial charge < -0.3 is 5.32 Å². The van der Waals surface area contributed by atoms with Gasteiger partial charge in [0.1, 0.15) is 5.15 Å². The van der Waals surface area contributed by atoms with E-state index in [1.807, 2.05) is 19.1 Å². The molecule has 0 bridgehead atoms. The van der Waals surface area contributed by atoms with Crippen LogP contribution in [0, 0.1) is 13.8 Å². The minimum atomic E-state index is -0.184. The summed E-state index contributed by atoms with van der Waals surface area (Å²) in [5.74, 6) is -0.184. The Morgan fingerprint density at radius 3 is 2.72 bits per heavy atom. The Labute approximate surface area is 115 Å². The van der Waals surface area contributed by atoms with Crippen LogP contribution in [0.2, 0.25) is 5.15 Å². The highest BCUT2D eigenvalue weighted by Crippen LogP contribution is 2.19. The molecule has 1 N–H and O–H groups in total. The van der Waals surface area contributed by atoms with Gasteiger partial charge in [0.2, 0.25) is 0 Å². The van der Waals surface area contributed by atoms with Gasteiger partial charge in [0.05, 0.1) is 17.8 Å². The molecule has 0 aliphatic heterocycles. The number of carbonyl (C=O) groups excluding carboxylic acids is 1. The average molecular weight is 284 g/mol. The highest BCUT2D eigenvalue weighted by atomic mass is 35.5. The zero-order chi connectivity index (χ0) is 13.3. The monoisotopic (exact) mass is 283 g/mol. The predicted octanol–water partition coefficient (Wildman–Crippen LogP) is 2.68. The van der Waals surface area contributed by atoms with Crippen LogP contribution >= 0.6 is 22.9 Å².